The molecule has 0 aromatic heterocycles. The molecule has 0 saturated carbocycles. The van der Waals surface area contributed by atoms with Gasteiger partial charge in [0.05, 0.1) is 0 Å². The predicted molar refractivity (Wildman–Crippen MR) is 80.5 cm³/mol. The molecule has 1 rings (SSSR count). The fraction of sp³-hybridized carbons (Fsp3) is 0.600. The largest absolute Gasteiger partial charge is 0.309 e. The summed E-state index contributed by atoms with van der Waals surface area (Å²) in [5.74, 6) is 1.51. The number of aryl methyl sites for hydroxylation is 2. The van der Waals surface area contributed by atoms with E-state index < -0.39 is 10.8 Å². The third-order valence-corrected chi connectivity index (χ3v) is 4.45. The fourth-order valence-corrected chi connectivity index (χ4v) is 3.53. The first-order chi connectivity index (χ1) is 8.56. The molecule has 0 saturated heterocycles. The third-order valence-electron chi connectivity index (χ3n) is 2.88. The summed E-state index contributed by atoms with van der Waals surface area (Å²) in [6.45, 7) is 9.31. The molecule has 0 amide bonds. The summed E-state index contributed by atoms with van der Waals surface area (Å²) in [5, 5.41) is 3.45. The van der Waals surface area contributed by atoms with Crippen LogP contribution in [0.25, 0.3) is 0 Å². The van der Waals surface area contributed by atoms with Crippen molar-refractivity contribution in [2.24, 2.45) is 0 Å². The van der Waals surface area contributed by atoms with E-state index in [2.05, 4.69) is 51.2 Å². The summed E-state index contributed by atoms with van der Waals surface area (Å²) < 4.78 is 11.9. The fourth-order valence-electron chi connectivity index (χ4n) is 2.23. The molecular formula is C15H25NOS. The van der Waals surface area contributed by atoms with Gasteiger partial charge in [0.15, 0.2) is 0 Å². The van der Waals surface area contributed by atoms with Gasteiger partial charge >= 0.3 is 0 Å². The van der Waals surface area contributed by atoms with Crippen LogP contribution in [0.5, 0.6) is 0 Å². The number of hydrogen-bond donors (Lipinski definition) is 1. The SMILES string of the molecule is CCCS(=O)CC(NCC)c1cc(C)cc(C)c1. The van der Waals surface area contributed by atoms with E-state index in [1.807, 2.05) is 0 Å². The summed E-state index contributed by atoms with van der Waals surface area (Å²) in [4.78, 5) is 0. The summed E-state index contributed by atoms with van der Waals surface area (Å²) in [7, 11) is -0.728. The van der Waals surface area contributed by atoms with Gasteiger partial charge in [0.2, 0.25) is 0 Å². The maximum Gasteiger partial charge on any atom is 0.0436 e. The van der Waals surface area contributed by atoms with E-state index in [0.29, 0.717) is 5.75 Å². The molecule has 0 aliphatic carbocycles. The molecular weight excluding hydrogens is 242 g/mol. The first-order valence-corrected chi connectivity index (χ1v) is 8.22. The van der Waals surface area contributed by atoms with Gasteiger partial charge < -0.3 is 5.32 Å². The van der Waals surface area contributed by atoms with Gasteiger partial charge in [0.1, 0.15) is 0 Å². The van der Waals surface area contributed by atoms with Crippen molar-refractivity contribution >= 4 is 10.8 Å². The average molecular weight is 267 g/mol. The molecule has 2 nitrogen and oxygen atoms in total. The number of rotatable bonds is 7. The highest BCUT2D eigenvalue weighted by Crippen LogP contribution is 2.18. The van der Waals surface area contributed by atoms with Crippen molar-refractivity contribution in [2.45, 2.75) is 40.2 Å². The predicted octanol–water partition coefficient (Wildman–Crippen LogP) is 3.11. The highest BCUT2D eigenvalue weighted by atomic mass is 32.2. The first kappa shape index (κ1) is 15.4. The Morgan fingerprint density at radius 1 is 1.17 bits per heavy atom. The van der Waals surface area contributed by atoms with Gasteiger partial charge in [-0.15, -0.1) is 0 Å². The van der Waals surface area contributed by atoms with E-state index >= 15 is 0 Å². The molecule has 102 valence electrons. The minimum atomic E-state index is -0.728. The monoisotopic (exact) mass is 267 g/mol. The maximum absolute atomic E-state index is 11.9. The van der Waals surface area contributed by atoms with Crippen LogP contribution in [-0.4, -0.2) is 22.3 Å². The van der Waals surface area contributed by atoms with Crippen LogP contribution in [-0.2, 0) is 10.8 Å². The lowest BCUT2D eigenvalue weighted by molar-refractivity contribution is 0.593. The Labute approximate surface area is 114 Å². The average Bonchev–Trinajstić information content (AvgIpc) is 2.27. The smallest absolute Gasteiger partial charge is 0.0436 e. The lowest BCUT2D eigenvalue weighted by Gasteiger charge is -2.19. The molecule has 1 aromatic rings. The Hall–Kier alpha value is -0.670. The molecule has 0 fully saturated rings. The van der Waals surface area contributed by atoms with Crippen molar-refractivity contribution < 1.29 is 4.21 Å². The highest BCUT2D eigenvalue weighted by molar-refractivity contribution is 7.85. The minimum Gasteiger partial charge on any atom is -0.309 e. The maximum atomic E-state index is 11.9. The molecule has 1 aromatic carbocycles. The zero-order valence-corrected chi connectivity index (χ0v) is 12.8. The molecule has 2 atom stereocenters. The van der Waals surface area contributed by atoms with Gasteiger partial charge in [-0.25, -0.2) is 0 Å². The van der Waals surface area contributed by atoms with Crippen molar-refractivity contribution in [3.8, 4) is 0 Å². The number of nitrogens with one attached hydrogen (secondary N) is 1. The molecule has 0 aliphatic heterocycles. The van der Waals surface area contributed by atoms with Crippen LogP contribution in [0.3, 0.4) is 0 Å². The summed E-state index contributed by atoms with van der Waals surface area (Å²) in [6, 6.07) is 6.78. The van der Waals surface area contributed by atoms with Crippen LogP contribution >= 0.6 is 0 Å². The Kier molecular flexibility index (Phi) is 6.58. The van der Waals surface area contributed by atoms with Gasteiger partial charge in [-0.1, -0.05) is 43.2 Å². The standard InChI is InChI=1S/C15H25NOS/c1-5-7-18(17)11-15(16-6-2)14-9-12(3)8-13(4)10-14/h8-10,15-16H,5-7,11H2,1-4H3. The van der Waals surface area contributed by atoms with Crippen LogP contribution in [0.4, 0.5) is 0 Å². The molecule has 3 heteroatoms. The normalized spacial score (nSPS) is 14.4. The molecule has 0 aliphatic rings. The third kappa shape index (κ3) is 4.91. The van der Waals surface area contributed by atoms with Crippen molar-refractivity contribution in [1.82, 2.24) is 5.32 Å². The van der Waals surface area contributed by atoms with Gasteiger partial charge in [0.25, 0.3) is 0 Å². The minimum absolute atomic E-state index is 0.209. The summed E-state index contributed by atoms with van der Waals surface area (Å²) >= 11 is 0. The zero-order chi connectivity index (χ0) is 13.5. The Morgan fingerprint density at radius 2 is 1.78 bits per heavy atom. The van der Waals surface area contributed by atoms with E-state index in [1.54, 1.807) is 0 Å². The molecule has 0 spiro atoms. The second-order valence-electron chi connectivity index (χ2n) is 4.84. The van der Waals surface area contributed by atoms with Crippen molar-refractivity contribution in [2.75, 3.05) is 18.1 Å². The Balaban J connectivity index is 2.85. The van der Waals surface area contributed by atoms with E-state index in [0.717, 1.165) is 18.7 Å². The number of benzene rings is 1. The highest BCUT2D eigenvalue weighted by Gasteiger charge is 2.14. The van der Waals surface area contributed by atoms with Crippen LogP contribution in [0, 0.1) is 13.8 Å². The van der Waals surface area contributed by atoms with Crippen LogP contribution in [0.15, 0.2) is 18.2 Å². The molecule has 2 unspecified atom stereocenters. The zero-order valence-electron chi connectivity index (χ0n) is 12.0. The van der Waals surface area contributed by atoms with Crippen LogP contribution in [0.2, 0.25) is 0 Å². The first-order valence-electron chi connectivity index (χ1n) is 6.73. The molecule has 0 radical (unpaired) electrons. The van der Waals surface area contributed by atoms with Gasteiger partial charge in [-0.05, 0) is 32.4 Å². The topological polar surface area (TPSA) is 29.1 Å². The van der Waals surface area contributed by atoms with Gasteiger partial charge in [-0.3, -0.25) is 4.21 Å². The number of hydrogen-bond acceptors (Lipinski definition) is 2. The summed E-state index contributed by atoms with van der Waals surface area (Å²) in [5.41, 5.74) is 3.81. The van der Waals surface area contributed by atoms with Gasteiger partial charge in [-0.2, -0.15) is 0 Å². The second-order valence-corrected chi connectivity index (χ2v) is 6.46. The molecule has 18 heavy (non-hydrogen) atoms. The van der Waals surface area contributed by atoms with Crippen molar-refractivity contribution in [3.63, 3.8) is 0 Å². The van der Waals surface area contributed by atoms with Crippen LogP contribution < -0.4 is 5.32 Å². The Bertz CT molecular complexity index is 383. The Morgan fingerprint density at radius 3 is 2.28 bits per heavy atom. The lowest BCUT2D eigenvalue weighted by Crippen LogP contribution is -2.27. The quantitative estimate of drug-likeness (QED) is 0.822. The van der Waals surface area contributed by atoms with E-state index in [1.165, 1.54) is 16.7 Å². The van der Waals surface area contributed by atoms with E-state index in [4.69, 9.17) is 0 Å². The van der Waals surface area contributed by atoms with Crippen LogP contribution in [0.1, 0.15) is 43.0 Å². The van der Waals surface area contributed by atoms with E-state index in [-0.39, 0.29) is 6.04 Å². The molecule has 0 heterocycles. The van der Waals surface area contributed by atoms with E-state index in [9.17, 15) is 4.21 Å². The molecule has 0 bridgehead atoms. The summed E-state index contributed by atoms with van der Waals surface area (Å²) in [6.07, 6.45) is 0.984. The lowest BCUT2D eigenvalue weighted by atomic mass is 10.0. The molecule has 1 N–H and O–H groups in total. The van der Waals surface area contributed by atoms with Crippen molar-refractivity contribution in [1.29, 1.82) is 0 Å². The van der Waals surface area contributed by atoms with Gasteiger partial charge in [0, 0.05) is 28.3 Å². The second kappa shape index (κ2) is 7.70. The van der Waals surface area contributed by atoms with Crippen molar-refractivity contribution in [3.05, 3.63) is 34.9 Å².